The van der Waals surface area contributed by atoms with Gasteiger partial charge in [-0.1, -0.05) is 18.2 Å². The van der Waals surface area contributed by atoms with E-state index in [1.54, 1.807) is 17.0 Å². The second kappa shape index (κ2) is 5.13. The summed E-state index contributed by atoms with van der Waals surface area (Å²) in [6.45, 7) is 3.04. The van der Waals surface area contributed by atoms with Crippen LogP contribution in [0.5, 0.6) is 5.75 Å². The molecule has 0 atom stereocenters. The molecule has 4 nitrogen and oxygen atoms in total. The van der Waals surface area contributed by atoms with Crippen molar-refractivity contribution in [2.24, 2.45) is 0 Å². The Balaban J connectivity index is 1.87. The number of anilines is 1. The molecule has 0 unspecified atom stereocenters. The minimum absolute atomic E-state index is 0.0402. The van der Waals surface area contributed by atoms with Crippen LogP contribution in [0.15, 0.2) is 36.4 Å². The fraction of sp³-hybridized carbons (Fsp3) is 0.235. The fourth-order valence-electron chi connectivity index (χ4n) is 2.81. The molecule has 2 aromatic carbocycles. The molecule has 3 N–H and O–H groups in total. The zero-order valence-electron chi connectivity index (χ0n) is 12.0. The number of fused-ring (bicyclic) bond motifs is 1. The summed E-state index contributed by atoms with van der Waals surface area (Å²) in [6, 6.07) is 10.9. The van der Waals surface area contributed by atoms with E-state index in [9.17, 15) is 9.90 Å². The third kappa shape index (κ3) is 2.44. The van der Waals surface area contributed by atoms with E-state index in [4.69, 9.17) is 5.73 Å². The van der Waals surface area contributed by atoms with Gasteiger partial charge < -0.3 is 15.7 Å². The molecule has 0 spiro atoms. The molecule has 4 heteroatoms. The third-order valence-corrected chi connectivity index (χ3v) is 3.97. The summed E-state index contributed by atoms with van der Waals surface area (Å²) >= 11 is 0. The number of carbonyl (C=O) groups excluding carboxylic acids is 1. The van der Waals surface area contributed by atoms with Gasteiger partial charge in [-0.3, -0.25) is 4.79 Å². The maximum atomic E-state index is 12.6. The average Bonchev–Trinajstić information content (AvgIpc) is 2.46. The average molecular weight is 282 g/mol. The lowest BCUT2D eigenvalue weighted by molar-refractivity contribution is 0.0732. The fourth-order valence-corrected chi connectivity index (χ4v) is 2.81. The number of nitrogen functional groups attached to an aromatic ring is 1. The van der Waals surface area contributed by atoms with Crippen molar-refractivity contribution >= 4 is 11.6 Å². The van der Waals surface area contributed by atoms with Gasteiger partial charge in [0.1, 0.15) is 5.75 Å². The SMILES string of the molecule is Cc1ccc(C(=O)N2CCc3c(N)cccc3C2)c(O)c1. The van der Waals surface area contributed by atoms with Crippen molar-refractivity contribution < 1.29 is 9.90 Å². The number of amides is 1. The molecule has 2 aromatic rings. The van der Waals surface area contributed by atoms with Gasteiger partial charge in [-0.15, -0.1) is 0 Å². The van der Waals surface area contributed by atoms with E-state index < -0.39 is 0 Å². The largest absolute Gasteiger partial charge is 0.507 e. The Morgan fingerprint density at radius 2 is 2.10 bits per heavy atom. The summed E-state index contributed by atoms with van der Waals surface area (Å²) in [5, 5.41) is 9.96. The van der Waals surface area contributed by atoms with Crippen molar-refractivity contribution in [3.8, 4) is 5.75 Å². The number of nitrogens with zero attached hydrogens (tertiary/aromatic N) is 1. The van der Waals surface area contributed by atoms with E-state index in [1.807, 2.05) is 31.2 Å². The smallest absolute Gasteiger partial charge is 0.257 e. The monoisotopic (exact) mass is 282 g/mol. The minimum Gasteiger partial charge on any atom is -0.507 e. The highest BCUT2D eigenvalue weighted by Crippen LogP contribution is 2.27. The first-order chi connectivity index (χ1) is 10.1. The van der Waals surface area contributed by atoms with Crippen molar-refractivity contribution in [2.75, 3.05) is 12.3 Å². The molecular formula is C17H18N2O2. The maximum Gasteiger partial charge on any atom is 0.257 e. The lowest BCUT2D eigenvalue weighted by Gasteiger charge is -2.29. The van der Waals surface area contributed by atoms with E-state index >= 15 is 0 Å². The topological polar surface area (TPSA) is 66.6 Å². The zero-order chi connectivity index (χ0) is 15.0. The molecular weight excluding hydrogens is 264 g/mol. The van der Waals surface area contributed by atoms with Gasteiger partial charge in [0.15, 0.2) is 0 Å². The van der Waals surface area contributed by atoms with Gasteiger partial charge in [0.05, 0.1) is 5.56 Å². The molecule has 0 fully saturated rings. The van der Waals surface area contributed by atoms with Gasteiger partial charge in [-0.25, -0.2) is 0 Å². The van der Waals surface area contributed by atoms with E-state index in [1.165, 1.54) is 0 Å². The van der Waals surface area contributed by atoms with E-state index in [-0.39, 0.29) is 11.7 Å². The van der Waals surface area contributed by atoms with Gasteiger partial charge in [-0.05, 0) is 48.2 Å². The number of phenolic OH excluding ortho intramolecular Hbond substituents is 1. The van der Waals surface area contributed by atoms with Gasteiger partial charge in [0.25, 0.3) is 5.91 Å². The number of rotatable bonds is 1. The summed E-state index contributed by atoms with van der Waals surface area (Å²) < 4.78 is 0. The molecule has 1 amide bonds. The maximum absolute atomic E-state index is 12.6. The van der Waals surface area contributed by atoms with E-state index in [0.29, 0.717) is 18.7 Å². The Labute approximate surface area is 123 Å². The Bertz CT molecular complexity index is 710. The van der Waals surface area contributed by atoms with Gasteiger partial charge in [-0.2, -0.15) is 0 Å². The van der Waals surface area contributed by atoms with Crippen molar-refractivity contribution in [3.63, 3.8) is 0 Å². The van der Waals surface area contributed by atoms with Crippen LogP contribution in [0.1, 0.15) is 27.0 Å². The number of hydrogen-bond acceptors (Lipinski definition) is 3. The molecule has 3 rings (SSSR count). The Hall–Kier alpha value is -2.49. The Morgan fingerprint density at radius 3 is 2.86 bits per heavy atom. The van der Waals surface area contributed by atoms with Crippen molar-refractivity contribution in [1.82, 2.24) is 4.90 Å². The summed E-state index contributed by atoms with van der Waals surface area (Å²) in [5.41, 5.74) is 10.3. The first-order valence-corrected chi connectivity index (χ1v) is 7.01. The molecule has 108 valence electrons. The van der Waals surface area contributed by atoms with Crippen molar-refractivity contribution in [3.05, 3.63) is 58.7 Å². The normalized spacial score (nSPS) is 13.9. The number of benzene rings is 2. The molecule has 0 bridgehead atoms. The number of carbonyl (C=O) groups is 1. The highest BCUT2D eigenvalue weighted by molar-refractivity contribution is 5.97. The molecule has 0 saturated heterocycles. The predicted octanol–water partition coefficient (Wildman–Crippen LogP) is 2.48. The lowest BCUT2D eigenvalue weighted by Crippen LogP contribution is -2.36. The van der Waals surface area contributed by atoms with Crippen LogP contribution in [0.2, 0.25) is 0 Å². The first-order valence-electron chi connectivity index (χ1n) is 7.01. The van der Waals surface area contributed by atoms with E-state index in [0.717, 1.165) is 28.8 Å². The predicted molar refractivity (Wildman–Crippen MR) is 82.1 cm³/mol. The van der Waals surface area contributed by atoms with Crippen molar-refractivity contribution in [2.45, 2.75) is 19.9 Å². The van der Waals surface area contributed by atoms with Crippen LogP contribution >= 0.6 is 0 Å². The van der Waals surface area contributed by atoms with Gasteiger partial charge >= 0.3 is 0 Å². The van der Waals surface area contributed by atoms with Crippen LogP contribution < -0.4 is 5.73 Å². The number of hydrogen-bond donors (Lipinski definition) is 2. The number of nitrogens with two attached hydrogens (primary N) is 1. The number of aromatic hydroxyl groups is 1. The number of aryl methyl sites for hydroxylation is 1. The van der Waals surface area contributed by atoms with Gasteiger partial charge in [0.2, 0.25) is 0 Å². The summed E-state index contributed by atoms with van der Waals surface area (Å²) in [5.74, 6) is -0.0982. The molecule has 1 heterocycles. The Kier molecular flexibility index (Phi) is 3.29. The molecule has 1 aliphatic heterocycles. The van der Waals surface area contributed by atoms with Crippen LogP contribution in [0.4, 0.5) is 5.69 Å². The molecule has 21 heavy (non-hydrogen) atoms. The van der Waals surface area contributed by atoms with Gasteiger partial charge in [0, 0.05) is 18.8 Å². The lowest BCUT2D eigenvalue weighted by atomic mass is 9.97. The second-order valence-electron chi connectivity index (χ2n) is 5.48. The third-order valence-electron chi connectivity index (χ3n) is 3.97. The van der Waals surface area contributed by atoms with Crippen LogP contribution in [0, 0.1) is 6.92 Å². The highest BCUT2D eigenvalue weighted by atomic mass is 16.3. The zero-order valence-corrected chi connectivity index (χ0v) is 12.0. The molecule has 0 saturated carbocycles. The highest BCUT2D eigenvalue weighted by Gasteiger charge is 2.24. The summed E-state index contributed by atoms with van der Waals surface area (Å²) in [7, 11) is 0. The van der Waals surface area contributed by atoms with Crippen LogP contribution in [-0.2, 0) is 13.0 Å². The second-order valence-corrected chi connectivity index (χ2v) is 5.48. The molecule has 0 aliphatic carbocycles. The summed E-state index contributed by atoms with van der Waals surface area (Å²) in [6.07, 6.45) is 0.750. The summed E-state index contributed by atoms with van der Waals surface area (Å²) in [4.78, 5) is 14.3. The number of phenols is 1. The molecule has 0 aromatic heterocycles. The standard InChI is InChI=1S/C17H18N2O2/c1-11-5-6-14(16(20)9-11)17(21)19-8-7-13-12(10-19)3-2-4-15(13)18/h2-6,9,20H,7-8,10,18H2,1H3. The molecule has 0 radical (unpaired) electrons. The molecule has 1 aliphatic rings. The van der Waals surface area contributed by atoms with Crippen LogP contribution in [0.25, 0.3) is 0 Å². The Morgan fingerprint density at radius 1 is 1.29 bits per heavy atom. The quantitative estimate of drug-likeness (QED) is 0.790. The first kappa shape index (κ1) is 13.5. The van der Waals surface area contributed by atoms with Crippen LogP contribution in [0.3, 0.4) is 0 Å². The van der Waals surface area contributed by atoms with Crippen molar-refractivity contribution in [1.29, 1.82) is 0 Å². The van der Waals surface area contributed by atoms with Crippen LogP contribution in [-0.4, -0.2) is 22.5 Å². The van der Waals surface area contributed by atoms with E-state index in [2.05, 4.69) is 0 Å². The minimum atomic E-state index is -0.138.